The zero-order valence-corrected chi connectivity index (χ0v) is 19.0. The fraction of sp³-hybridized carbons (Fsp3) is 0.0952. The lowest BCUT2D eigenvalue weighted by Gasteiger charge is -2.13. The van der Waals surface area contributed by atoms with Gasteiger partial charge in [0.05, 0.1) is 35.1 Å². The number of nitrogens with zero attached hydrogens (tertiary/aromatic N) is 3. The van der Waals surface area contributed by atoms with Gasteiger partial charge in [0.1, 0.15) is 17.1 Å². The van der Waals surface area contributed by atoms with Crippen molar-refractivity contribution in [1.82, 2.24) is 14.9 Å². The maximum Gasteiger partial charge on any atom is 0.434 e. The third kappa shape index (κ3) is 4.24. The number of hydrogen-bond donors (Lipinski definition) is 0. The predicted octanol–water partition coefficient (Wildman–Crippen LogP) is 7.10. The molecule has 0 spiro atoms. The minimum absolute atomic E-state index is 0.0686. The van der Waals surface area contributed by atoms with Crippen LogP contribution in [0.2, 0.25) is 15.1 Å². The zero-order valence-electron chi connectivity index (χ0n) is 16.8. The fourth-order valence-corrected chi connectivity index (χ4v) is 4.07. The van der Waals surface area contributed by atoms with E-state index < -0.39 is 46.2 Å². The number of ether oxygens (including phenoxy) is 1. The lowest BCUT2D eigenvalue weighted by molar-refractivity contribution is -0.142. The molecule has 0 aliphatic carbocycles. The molecule has 2 aromatic carbocycles. The van der Waals surface area contributed by atoms with Gasteiger partial charge in [-0.1, -0.05) is 46.0 Å². The second-order valence-electron chi connectivity index (χ2n) is 6.77. The number of rotatable bonds is 4. The molecule has 0 amide bonds. The zero-order chi connectivity index (χ0) is 24.8. The quantitative estimate of drug-likeness (QED) is 0.206. The van der Waals surface area contributed by atoms with E-state index in [9.17, 15) is 22.4 Å². The van der Waals surface area contributed by atoms with Gasteiger partial charge in [0, 0.05) is 10.0 Å². The van der Waals surface area contributed by atoms with E-state index in [1.54, 1.807) is 0 Å². The van der Waals surface area contributed by atoms with Gasteiger partial charge in [0.15, 0.2) is 11.5 Å². The molecule has 0 aliphatic rings. The summed E-state index contributed by atoms with van der Waals surface area (Å²) in [4.78, 5) is 12.6. The van der Waals surface area contributed by atoms with Crippen molar-refractivity contribution in [3.8, 4) is 28.3 Å². The van der Waals surface area contributed by atoms with Crippen LogP contribution in [0.5, 0.6) is 0 Å². The average Bonchev–Trinajstić information content (AvgIpc) is 3.37. The molecule has 34 heavy (non-hydrogen) atoms. The summed E-state index contributed by atoms with van der Waals surface area (Å²) in [6, 6.07) is 7.43. The van der Waals surface area contributed by atoms with E-state index in [1.165, 1.54) is 30.3 Å². The van der Waals surface area contributed by atoms with Crippen molar-refractivity contribution in [2.75, 3.05) is 7.11 Å². The summed E-state index contributed by atoms with van der Waals surface area (Å²) in [6.45, 7) is 0. The number of esters is 1. The van der Waals surface area contributed by atoms with E-state index in [1.807, 2.05) is 0 Å². The summed E-state index contributed by atoms with van der Waals surface area (Å²) in [6.07, 6.45) is -4.17. The maximum atomic E-state index is 14.5. The van der Waals surface area contributed by atoms with Gasteiger partial charge in [-0.25, -0.2) is 13.9 Å². The van der Waals surface area contributed by atoms with Crippen molar-refractivity contribution >= 4 is 40.8 Å². The molecule has 0 N–H and O–H groups in total. The number of hydrogen-bond acceptors (Lipinski definition) is 5. The maximum absolute atomic E-state index is 14.5. The molecule has 0 unspecified atom stereocenters. The van der Waals surface area contributed by atoms with Gasteiger partial charge >= 0.3 is 12.1 Å². The van der Waals surface area contributed by atoms with Gasteiger partial charge in [0.2, 0.25) is 0 Å². The highest BCUT2D eigenvalue weighted by Gasteiger charge is 2.42. The molecular weight excluding hydrogens is 525 g/mol. The molecule has 4 rings (SSSR count). The van der Waals surface area contributed by atoms with Crippen molar-refractivity contribution in [1.29, 1.82) is 0 Å². The number of aromatic nitrogens is 3. The van der Waals surface area contributed by atoms with Gasteiger partial charge in [0.25, 0.3) is 0 Å². The molecular formula is C21H10Cl3F4N3O3. The van der Waals surface area contributed by atoms with Crippen molar-refractivity contribution < 1.29 is 31.6 Å². The van der Waals surface area contributed by atoms with Crippen LogP contribution in [-0.4, -0.2) is 28.0 Å². The second-order valence-corrected chi connectivity index (χ2v) is 8.05. The highest BCUT2D eigenvalue weighted by atomic mass is 35.5. The molecule has 4 aromatic rings. The van der Waals surface area contributed by atoms with Gasteiger partial charge in [-0.05, 0) is 30.3 Å². The average molecular weight is 535 g/mol. The second kappa shape index (κ2) is 8.94. The Morgan fingerprint density at radius 1 is 1.12 bits per heavy atom. The van der Waals surface area contributed by atoms with Crippen LogP contribution >= 0.6 is 34.8 Å². The minimum atomic E-state index is -4.99. The largest absolute Gasteiger partial charge is 0.465 e. The molecule has 0 saturated carbocycles. The van der Waals surface area contributed by atoms with Crippen LogP contribution in [0, 0.1) is 5.82 Å². The first-order valence-electron chi connectivity index (χ1n) is 9.17. The lowest BCUT2D eigenvalue weighted by Crippen LogP contribution is -2.15. The topological polar surface area (TPSA) is 70.2 Å². The molecule has 176 valence electrons. The molecule has 0 atom stereocenters. The van der Waals surface area contributed by atoms with E-state index in [4.69, 9.17) is 44.1 Å². The molecule has 0 bridgehead atoms. The van der Waals surface area contributed by atoms with Crippen LogP contribution in [0.25, 0.3) is 28.3 Å². The lowest BCUT2D eigenvalue weighted by atomic mass is 10.0. The minimum Gasteiger partial charge on any atom is -0.465 e. The van der Waals surface area contributed by atoms with Crippen molar-refractivity contribution in [3.63, 3.8) is 0 Å². The molecule has 0 fully saturated rings. The number of alkyl halides is 3. The van der Waals surface area contributed by atoms with E-state index in [2.05, 4.69) is 10.3 Å². The summed E-state index contributed by atoms with van der Waals surface area (Å²) in [5, 5.41) is 7.42. The van der Waals surface area contributed by atoms with Gasteiger partial charge < -0.3 is 9.26 Å². The van der Waals surface area contributed by atoms with E-state index in [0.29, 0.717) is 4.68 Å². The molecule has 6 nitrogen and oxygen atoms in total. The van der Waals surface area contributed by atoms with Gasteiger partial charge in [-0.2, -0.15) is 18.3 Å². The molecule has 0 radical (unpaired) electrons. The standard InChI is InChI=1S/C21H10Cl3F4N3O3/c1-33-20(32)16-17(15-13(24)3-2-4-14(15)25)30-34-18(16)12-8-29-31(19(12)21(26,27)28)11-6-9(22)5-10(23)7-11/h2-8H,1H3. The Morgan fingerprint density at radius 2 is 1.79 bits per heavy atom. The summed E-state index contributed by atoms with van der Waals surface area (Å²) in [5.41, 5.74) is -3.43. The Kier molecular flexibility index (Phi) is 6.32. The highest BCUT2D eigenvalue weighted by molar-refractivity contribution is 6.35. The van der Waals surface area contributed by atoms with Crippen LogP contribution in [0.15, 0.2) is 47.1 Å². The van der Waals surface area contributed by atoms with E-state index >= 15 is 0 Å². The monoisotopic (exact) mass is 533 g/mol. The highest BCUT2D eigenvalue weighted by Crippen LogP contribution is 2.43. The molecule has 13 heteroatoms. The van der Waals surface area contributed by atoms with E-state index in [0.717, 1.165) is 19.4 Å². The Labute approximate surface area is 203 Å². The van der Waals surface area contributed by atoms with Gasteiger partial charge in [-0.15, -0.1) is 0 Å². The predicted molar refractivity (Wildman–Crippen MR) is 116 cm³/mol. The number of methoxy groups -OCH3 is 1. The Hall–Kier alpha value is -3.08. The first-order valence-corrected chi connectivity index (χ1v) is 10.3. The van der Waals surface area contributed by atoms with Crippen LogP contribution < -0.4 is 0 Å². The molecule has 2 heterocycles. The van der Waals surface area contributed by atoms with Crippen molar-refractivity contribution in [2.24, 2.45) is 0 Å². The Bertz CT molecular complexity index is 1380. The molecule has 0 saturated heterocycles. The van der Waals surface area contributed by atoms with E-state index in [-0.39, 0.29) is 26.3 Å². The van der Waals surface area contributed by atoms with Crippen molar-refractivity contribution in [3.05, 3.63) is 74.7 Å². The molecule has 2 aromatic heterocycles. The van der Waals surface area contributed by atoms with Crippen LogP contribution in [-0.2, 0) is 10.9 Å². The van der Waals surface area contributed by atoms with Gasteiger partial charge in [-0.3, -0.25) is 0 Å². The third-order valence-corrected chi connectivity index (χ3v) is 5.41. The number of carbonyl (C=O) groups is 1. The Balaban J connectivity index is 2.02. The SMILES string of the molecule is COC(=O)c1c(-c2c(F)cccc2Cl)noc1-c1cnn(-c2cc(Cl)cc(Cl)c2)c1C(F)(F)F. The first kappa shape index (κ1) is 24.1. The van der Waals surface area contributed by atoms with Crippen LogP contribution in [0.1, 0.15) is 16.1 Å². The summed E-state index contributed by atoms with van der Waals surface area (Å²) in [5.74, 6) is -2.65. The number of benzene rings is 2. The number of halogens is 7. The smallest absolute Gasteiger partial charge is 0.434 e. The molecule has 0 aliphatic heterocycles. The normalized spacial score (nSPS) is 11.6. The summed E-state index contributed by atoms with van der Waals surface area (Å²) in [7, 11) is 0.994. The Morgan fingerprint density at radius 3 is 2.38 bits per heavy atom. The fourth-order valence-electron chi connectivity index (χ4n) is 3.30. The number of carbonyl (C=O) groups excluding carboxylic acids is 1. The summed E-state index contributed by atoms with van der Waals surface area (Å²) >= 11 is 17.9. The van der Waals surface area contributed by atoms with Crippen LogP contribution in [0.3, 0.4) is 0 Å². The van der Waals surface area contributed by atoms with Crippen LogP contribution in [0.4, 0.5) is 17.6 Å². The third-order valence-electron chi connectivity index (χ3n) is 4.66. The van der Waals surface area contributed by atoms with Crippen molar-refractivity contribution in [2.45, 2.75) is 6.18 Å². The summed E-state index contributed by atoms with van der Waals surface area (Å²) < 4.78 is 67.5. The first-order chi connectivity index (χ1) is 16.0.